The van der Waals surface area contributed by atoms with Crippen molar-refractivity contribution >= 4 is 11.5 Å². The van der Waals surface area contributed by atoms with Crippen LogP contribution in [-0.2, 0) is 5.54 Å². The van der Waals surface area contributed by atoms with Crippen molar-refractivity contribution in [1.82, 2.24) is 9.78 Å². The van der Waals surface area contributed by atoms with Crippen molar-refractivity contribution in [3.8, 4) is 16.9 Å². The first kappa shape index (κ1) is 13.9. The van der Waals surface area contributed by atoms with Gasteiger partial charge < -0.3 is 4.74 Å². The average molecular weight is 283 g/mol. The normalized spacial score (nSPS) is 16.3. The van der Waals surface area contributed by atoms with Gasteiger partial charge in [0.15, 0.2) is 5.82 Å². The van der Waals surface area contributed by atoms with Gasteiger partial charge in [0.1, 0.15) is 5.75 Å². The van der Waals surface area contributed by atoms with Crippen LogP contribution in [0.5, 0.6) is 5.75 Å². The van der Waals surface area contributed by atoms with Gasteiger partial charge in [-0.3, -0.25) is 0 Å². The second-order valence-electron chi connectivity index (χ2n) is 6.26. The lowest BCUT2D eigenvalue weighted by Gasteiger charge is -2.30. The van der Waals surface area contributed by atoms with E-state index < -0.39 is 0 Å². The van der Waals surface area contributed by atoms with E-state index in [1.54, 1.807) is 7.11 Å². The van der Waals surface area contributed by atoms with Gasteiger partial charge >= 0.3 is 0 Å². The lowest BCUT2D eigenvalue weighted by atomic mass is 9.95. The molecule has 0 atom stereocenters. The number of nitrogens with zero attached hydrogens (tertiary/aromatic N) is 3. The predicted octanol–water partition coefficient (Wildman–Crippen LogP) is 4.10. The molecule has 0 spiro atoms. The van der Waals surface area contributed by atoms with Crippen molar-refractivity contribution in [3.63, 3.8) is 0 Å². The molecule has 0 aliphatic carbocycles. The summed E-state index contributed by atoms with van der Waals surface area (Å²) in [5.41, 5.74) is 4.38. The number of hydrogen-bond donors (Lipinski definition) is 0. The molecular weight excluding hydrogens is 262 g/mol. The highest BCUT2D eigenvalue weighted by atomic mass is 16.5. The van der Waals surface area contributed by atoms with E-state index in [1.165, 1.54) is 0 Å². The Labute approximate surface area is 125 Å². The molecule has 1 aliphatic heterocycles. The Kier molecular flexibility index (Phi) is 3.12. The number of hydrogen-bond acceptors (Lipinski definition) is 3. The van der Waals surface area contributed by atoms with E-state index in [2.05, 4.69) is 37.6 Å². The van der Waals surface area contributed by atoms with Crippen molar-refractivity contribution in [1.29, 1.82) is 0 Å². The SMILES string of the molecule is COc1ccc(-c2c(C)nn3c2N=C(C)CC3(C)C)cc1. The largest absolute Gasteiger partial charge is 0.497 e. The molecule has 4 heteroatoms. The Morgan fingerprint density at radius 1 is 1.14 bits per heavy atom. The van der Waals surface area contributed by atoms with Crippen molar-refractivity contribution < 1.29 is 4.74 Å². The molecule has 0 fully saturated rings. The van der Waals surface area contributed by atoms with Crippen molar-refractivity contribution in [2.24, 2.45) is 4.99 Å². The molecular formula is C17H21N3O. The quantitative estimate of drug-likeness (QED) is 0.832. The number of benzene rings is 1. The standard InChI is InChI=1S/C17H21N3O/c1-11-10-17(3,4)20-16(18-11)15(12(2)19-20)13-6-8-14(21-5)9-7-13/h6-9H,10H2,1-5H3. The zero-order valence-electron chi connectivity index (χ0n) is 13.3. The Balaban J connectivity index is 2.19. The summed E-state index contributed by atoms with van der Waals surface area (Å²) in [5, 5.41) is 4.74. The molecule has 1 aliphatic rings. The van der Waals surface area contributed by atoms with Crippen LogP contribution in [0.25, 0.3) is 11.1 Å². The molecule has 0 unspecified atom stereocenters. The monoisotopic (exact) mass is 283 g/mol. The third-order valence-electron chi connectivity index (χ3n) is 3.97. The summed E-state index contributed by atoms with van der Waals surface area (Å²) in [5.74, 6) is 1.82. The summed E-state index contributed by atoms with van der Waals surface area (Å²) in [4.78, 5) is 4.77. The van der Waals surface area contributed by atoms with Crippen molar-refractivity contribution in [2.75, 3.05) is 7.11 Å². The molecule has 110 valence electrons. The van der Waals surface area contributed by atoms with Crippen LogP contribution >= 0.6 is 0 Å². The van der Waals surface area contributed by atoms with Crippen LogP contribution in [0.1, 0.15) is 32.9 Å². The van der Waals surface area contributed by atoms with E-state index >= 15 is 0 Å². The number of aromatic nitrogens is 2. The van der Waals surface area contributed by atoms with E-state index in [0.29, 0.717) is 0 Å². The zero-order chi connectivity index (χ0) is 15.2. The first-order valence-corrected chi connectivity index (χ1v) is 7.21. The molecule has 4 nitrogen and oxygen atoms in total. The Morgan fingerprint density at radius 2 is 1.81 bits per heavy atom. The number of fused-ring (bicyclic) bond motifs is 1. The van der Waals surface area contributed by atoms with Crippen molar-refractivity contribution in [3.05, 3.63) is 30.0 Å². The van der Waals surface area contributed by atoms with Crippen molar-refractivity contribution in [2.45, 2.75) is 39.7 Å². The molecule has 2 heterocycles. The molecule has 2 aromatic rings. The highest BCUT2D eigenvalue weighted by molar-refractivity contribution is 5.90. The van der Waals surface area contributed by atoms with Crippen LogP contribution in [0.2, 0.25) is 0 Å². The first-order valence-electron chi connectivity index (χ1n) is 7.21. The number of methoxy groups -OCH3 is 1. The minimum atomic E-state index is -0.0311. The molecule has 0 bridgehead atoms. The maximum absolute atomic E-state index is 5.23. The van der Waals surface area contributed by atoms with Crippen LogP contribution in [0, 0.1) is 6.92 Å². The second-order valence-corrected chi connectivity index (χ2v) is 6.26. The summed E-state index contributed by atoms with van der Waals surface area (Å²) in [6.07, 6.45) is 0.934. The molecule has 3 rings (SSSR count). The summed E-state index contributed by atoms with van der Waals surface area (Å²) >= 11 is 0. The molecule has 1 aromatic carbocycles. The molecule has 0 saturated carbocycles. The fourth-order valence-corrected chi connectivity index (χ4v) is 3.06. The van der Waals surface area contributed by atoms with E-state index in [9.17, 15) is 0 Å². The smallest absolute Gasteiger partial charge is 0.159 e. The maximum Gasteiger partial charge on any atom is 0.159 e. The van der Waals surface area contributed by atoms with Gasteiger partial charge in [-0.1, -0.05) is 12.1 Å². The van der Waals surface area contributed by atoms with Crippen LogP contribution in [0.15, 0.2) is 29.3 Å². The molecule has 0 N–H and O–H groups in total. The Bertz CT molecular complexity index is 708. The van der Waals surface area contributed by atoms with Gasteiger partial charge in [0.2, 0.25) is 0 Å². The molecule has 0 saturated heterocycles. The summed E-state index contributed by atoms with van der Waals surface area (Å²) in [7, 11) is 1.68. The first-order chi connectivity index (χ1) is 9.92. The van der Waals surface area contributed by atoms with Gasteiger partial charge in [-0.05, 0) is 45.4 Å². The lowest BCUT2D eigenvalue weighted by molar-refractivity contribution is 0.327. The van der Waals surface area contributed by atoms with E-state index in [1.807, 2.05) is 19.1 Å². The number of ether oxygens (including phenoxy) is 1. The van der Waals surface area contributed by atoms with Crippen LogP contribution in [0.4, 0.5) is 5.82 Å². The minimum Gasteiger partial charge on any atom is -0.497 e. The fourth-order valence-electron chi connectivity index (χ4n) is 3.06. The molecule has 1 aromatic heterocycles. The molecule has 21 heavy (non-hydrogen) atoms. The molecule has 0 radical (unpaired) electrons. The van der Waals surface area contributed by atoms with Gasteiger partial charge in [-0.15, -0.1) is 0 Å². The third-order valence-corrected chi connectivity index (χ3v) is 3.97. The lowest BCUT2D eigenvalue weighted by Crippen LogP contribution is -2.32. The second kappa shape index (κ2) is 4.72. The van der Waals surface area contributed by atoms with E-state index in [4.69, 9.17) is 14.8 Å². The number of rotatable bonds is 2. The Morgan fingerprint density at radius 3 is 2.43 bits per heavy atom. The van der Waals surface area contributed by atoms with Gasteiger partial charge in [-0.25, -0.2) is 9.67 Å². The number of aliphatic imine (C=N–C) groups is 1. The summed E-state index contributed by atoms with van der Waals surface area (Å²) in [6, 6.07) is 8.08. The van der Waals surface area contributed by atoms with E-state index in [-0.39, 0.29) is 5.54 Å². The predicted molar refractivity (Wildman–Crippen MR) is 85.7 cm³/mol. The summed E-state index contributed by atoms with van der Waals surface area (Å²) in [6.45, 7) is 8.55. The third kappa shape index (κ3) is 2.24. The van der Waals surface area contributed by atoms with Crippen LogP contribution in [-0.4, -0.2) is 22.6 Å². The topological polar surface area (TPSA) is 39.4 Å². The van der Waals surface area contributed by atoms with E-state index in [0.717, 1.165) is 40.5 Å². The van der Waals surface area contributed by atoms with Crippen LogP contribution < -0.4 is 4.74 Å². The highest BCUT2D eigenvalue weighted by Crippen LogP contribution is 2.41. The number of aryl methyl sites for hydroxylation is 1. The van der Waals surface area contributed by atoms with Crippen LogP contribution in [0.3, 0.4) is 0 Å². The van der Waals surface area contributed by atoms with Gasteiger partial charge in [-0.2, -0.15) is 5.10 Å². The average Bonchev–Trinajstić information content (AvgIpc) is 2.75. The van der Waals surface area contributed by atoms with Gasteiger partial charge in [0.05, 0.1) is 18.3 Å². The maximum atomic E-state index is 5.23. The fraction of sp³-hybridized carbons (Fsp3) is 0.412. The molecule has 0 amide bonds. The summed E-state index contributed by atoms with van der Waals surface area (Å²) < 4.78 is 7.30. The van der Waals surface area contributed by atoms with Gasteiger partial charge in [0.25, 0.3) is 0 Å². The minimum absolute atomic E-state index is 0.0311. The van der Waals surface area contributed by atoms with Gasteiger partial charge in [0, 0.05) is 17.7 Å². The zero-order valence-corrected chi connectivity index (χ0v) is 13.3. The Hall–Kier alpha value is -2.10. The highest BCUT2D eigenvalue weighted by Gasteiger charge is 2.32.